The second-order valence-electron chi connectivity index (χ2n) is 6.01. The minimum atomic E-state index is -1.01. The van der Waals surface area contributed by atoms with Gasteiger partial charge in [-0.3, -0.25) is 14.9 Å². The summed E-state index contributed by atoms with van der Waals surface area (Å²) in [4.78, 5) is 29.8. The van der Waals surface area contributed by atoms with Crippen LogP contribution in [0.2, 0.25) is 5.02 Å². The fourth-order valence-electron chi connectivity index (χ4n) is 3.36. The van der Waals surface area contributed by atoms with Crippen LogP contribution >= 0.6 is 11.6 Å². The third kappa shape index (κ3) is 2.63. The lowest BCUT2D eigenvalue weighted by atomic mass is 9.90. The molecule has 26 heavy (non-hydrogen) atoms. The average molecular weight is 370 g/mol. The lowest BCUT2D eigenvalue weighted by Gasteiger charge is -2.32. The Labute approximate surface area is 154 Å². The van der Waals surface area contributed by atoms with Crippen molar-refractivity contribution in [3.05, 3.63) is 59.1 Å². The fraction of sp³-hybridized carbons (Fsp3) is 0.211. The van der Waals surface area contributed by atoms with Gasteiger partial charge in [0.15, 0.2) is 5.92 Å². The van der Waals surface area contributed by atoms with E-state index in [1.807, 2.05) is 41.0 Å². The maximum absolute atomic E-state index is 12.7. The smallest absolute Gasteiger partial charge is 0.321 e. The molecule has 6 nitrogen and oxygen atoms in total. The molecular weight excluding hydrogens is 354 g/mol. The number of imidazole rings is 1. The van der Waals surface area contributed by atoms with Crippen molar-refractivity contribution >= 4 is 40.5 Å². The Balaban J connectivity index is 1.95. The zero-order chi connectivity index (χ0) is 18.3. The Morgan fingerprint density at radius 1 is 1.23 bits per heavy atom. The number of esters is 1. The first kappa shape index (κ1) is 16.6. The number of anilines is 1. The molecule has 132 valence electrons. The average Bonchev–Trinajstić information content (AvgIpc) is 2.99. The third-order valence-corrected chi connectivity index (χ3v) is 4.71. The molecule has 1 aromatic heterocycles. The zero-order valence-electron chi connectivity index (χ0n) is 14.0. The summed E-state index contributed by atoms with van der Waals surface area (Å²) in [5, 5.41) is 3.32. The number of benzene rings is 2. The van der Waals surface area contributed by atoms with Crippen LogP contribution in [0.25, 0.3) is 11.0 Å². The number of hydrogen-bond donors (Lipinski definition) is 1. The molecular formula is C19H16ClN3O3. The molecule has 0 bridgehead atoms. The van der Waals surface area contributed by atoms with Gasteiger partial charge >= 0.3 is 5.97 Å². The molecule has 3 aromatic rings. The van der Waals surface area contributed by atoms with Crippen LogP contribution in [0.3, 0.4) is 0 Å². The zero-order valence-corrected chi connectivity index (χ0v) is 14.7. The fourth-order valence-corrected chi connectivity index (χ4v) is 3.49. The van der Waals surface area contributed by atoms with Crippen molar-refractivity contribution in [3.8, 4) is 0 Å². The molecule has 4 rings (SSSR count). The Hall–Kier alpha value is -2.86. The number of ether oxygens (including phenoxy) is 1. The monoisotopic (exact) mass is 369 g/mol. The van der Waals surface area contributed by atoms with Crippen LogP contribution in [0.1, 0.15) is 18.5 Å². The van der Waals surface area contributed by atoms with Gasteiger partial charge in [-0.15, -0.1) is 0 Å². The van der Waals surface area contributed by atoms with Gasteiger partial charge in [0.25, 0.3) is 0 Å². The van der Waals surface area contributed by atoms with E-state index in [2.05, 4.69) is 10.3 Å². The summed E-state index contributed by atoms with van der Waals surface area (Å²) in [7, 11) is 0. The van der Waals surface area contributed by atoms with Gasteiger partial charge in [0.1, 0.15) is 0 Å². The van der Waals surface area contributed by atoms with Crippen molar-refractivity contribution in [1.29, 1.82) is 0 Å². The maximum Gasteiger partial charge on any atom is 0.321 e. The predicted octanol–water partition coefficient (Wildman–Crippen LogP) is 3.41. The summed E-state index contributed by atoms with van der Waals surface area (Å²) in [6, 6.07) is 14.1. The molecule has 1 aliphatic heterocycles. The molecule has 2 atom stereocenters. The molecule has 2 unspecified atom stereocenters. The van der Waals surface area contributed by atoms with Crippen LogP contribution in [0.5, 0.6) is 0 Å². The Morgan fingerprint density at radius 2 is 1.96 bits per heavy atom. The number of nitrogens with one attached hydrogen (secondary N) is 1. The van der Waals surface area contributed by atoms with E-state index in [1.54, 1.807) is 19.1 Å². The van der Waals surface area contributed by atoms with Crippen molar-refractivity contribution in [3.63, 3.8) is 0 Å². The summed E-state index contributed by atoms with van der Waals surface area (Å²) in [5.74, 6) is -1.59. The molecule has 0 radical (unpaired) electrons. The van der Waals surface area contributed by atoms with Crippen molar-refractivity contribution < 1.29 is 14.3 Å². The molecule has 0 saturated carbocycles. The molecule has 0 fully saturated rings. The van der Waals surface area contributed by atoms with Gasteiger partial charge in [-0.2, -0.15) is 0 Å². The van der Waals surface area contributed by atoms with Gasteiger partial charge in [0.2, 0.25) is 11.9 Å². The van der Waals surface area contributed by atoms with E-state index in [-0.39, 0.29) is 6.61 Å². The Morgan fingerprint density at radius 3 is 2.69 bits per heavy atom. The number of carbonyl (C=O) groups is 2. The number of carbonyl (C=O) groups excluding carboxylic acids is 2. The minimum absolute atomic E-state index is 0.202. The lowest BCUT2D eigenvalue weighted by Crippen LogP contribution is -2.43. The van der Waals surface area contributed by atoms with Crippen LogP contribution in [-0.4, -0.2) is 28.0 Å². The topological polar surface area (TPSA) is 73.2 Å². The first-order valence-electron chi connectivity index (χ1n) is 8.30. The highest BCUT2D eigenvalue weighted by molar-refractivity contribution is 6.30. The summed E-state index contributed by atoms with van der Waals surface area (Å²) in [6.07, 6.45) is 0. The second kappa shape index (κ2) is 6.46. The molecule has 2 aromatic carbocycles. The Bertz CT molecular complexity index is 997. The molecule has 1 aliphatic rings. The molecule has 1 N–H and O–H groups in total. The summed E-state index contributed by atoms with van der Waals surface area (Å²) >= 11 is 6.01. The Kier molecular flexibility index (Phi) is 4.12. The summed E-state index contributed by atoms with van der Waals surface area (Å²) in [6.45, 7) is 1.92. The van der Waals surface area contributed by atoms with Crippen LogP contribution < -0.4 is 5.32 Å². The highest BCUT2D eigenvalue weighted by Gasteiger charge is 2.44. The van der Waals surface area contributed by atoms with E-state index < -0.39 is 23.8 Å². The molecule has 1 amide bonds. The van der Waals surface area contributed by atoms with E-state index in [9.17, 15) is 9.59 Å². The number of nitrogens with zero attached hydrogens (tertiary/aromatic N) is 2. The van der Waals surface area contributed by atoms with E-state index >= 15 is 0 Å². The molecule has 2 heterocycles. The van der Waals surface area contributed by atoms with E-state index in [1.165, 1.54) is 0 Å². The predicted molar refractivity (Wildman–Crippen MR) is 98.1 cm³/mol. The van der Waals surface area contributed by atoms with Crippen LogP contribution in [0.15, 0.2) is 48.5 Å². The van der Waals surface area contributed by atoms with Gasteiger partial charge in [-0.05, 0) is 36.8 Å². The first-order valence-corrected chi connectivity index (χ1v) is 8.68. The van der Waals surface area contributed by atoms with Crippen molar-refractivity contribution in [2.24, 2.45) is 5.92 Å². The van der Waals surface area contributed by atoms with Crippen LogP contribution in [-0.2, 0) is 14.3 Å². The number of para-hydroxylation sites is 2. The molecule has 7 heteroatoms. The second-order valence-corrected chi connectivity index (χ2v) is 6.45. The number of fused-ring (bicyclic) bond motifs is 3. The van der Waals surface area contributed by atoms with Gasteiger partial charge in [0.05, 0.1) is 23.7 Å². The van der Waals surface area contributed by atoms with Crippen LogP contribution in [0, 0.1) is 5.92 Å². The number of hydrogen-bond acceptors (Lipinski definition) is 4. The van der Waals surface area contributed by atoms with Crippen molar-refractivity contribution in [2.75, 3.05) is 11.9 Å². The van der Waals surface area contributed by atoms with Crippen molar-refractivity contribution in [1.82, 2.24) is 9.55 Å². The molecule has 0 aliphatic carbocycles. The van der Waals surface area contributed by atoms with Crippen molar-refractivity contribution in [2.45, 2.75) is 13.0 Å². The number of rotatable bonds is 3. The van der Waals surface area contributed by atoms with Gasteiger partial charge in [-0.25, -0.2) is 4.98 Å². The number of aromatic nitrogens is 2. The highest BCUT2D eigenvalue weighted by atomic mass is 35.5. The number of amides is 1. The molecule has 0 spiro atoms. The number of halogens is 1. The van der Waals surface area contributed by atoms with E-state index in [4.69, 9.17) is 16.3 Å². The normalized spacial score (nSPS) is 19.1. The SMILES string of the molecule is CCOC(=O)C1C(=O)Nc2nc3ccccc3n2C1c1ccc(Cl)cc1. The maximum atomic E-state index is 12.7. The first-order chi connectivity index (χ1) is 12.6. The largest absolute Gasteiger partial charge is 0.465 e. The standard InChI is InChI=1S/C19H16ClN3O3/c1-2-26-18(25)15-16(11-7-9-12(20)10-8-11)23-14-6-4-3-5-13(14)21-19(23)22-17(15)24/h3-10,15-16H,2H2,1H3,(H,21,22,24). The lowest BCUT2D eigenvalue weighted by molar-refractivity contribution is -0.152. The van der Waals surface area contributed by atoms with E-state index in [0.29, 0.717) is 11.0 Å². The van der Waals surface area contributed by atoms with Gasteiger partial charge in [0, 0.05) is 5.02 Å². The highest BCUT2D eigenvalue weighted by Crippen LogP contribution is 2.38. The van der Waals surface area contributed by atoms with Gasteiger partial charge in [-0.1, -0.05) is 35.9 Å². The minimum Gasteiger partial charge on any atom is -0.465 e. The van der Waals surface area contributed by atoms with Crippen LogP contribution in [0.4, 0.5) is 5.95 Å². The quantitative estimate of drug-likeness (QED) is 0.567. The van der Waals surface area contributed by atoms with Gasteiger partial charge < -0.3 is 9.30 Å². The third-order valence-electron chi connectivity index (χ3n) is 4.46. The van der Waals surface area contributed by atoms with E-state index in [0.717, 1.165) is 16.6 Å². The summed E-state index contributed by atoms with van der Waals surface area (Å²) in [5.41, 5.74) is 2.36. The summed E-state index contributed by atoms with van der Waals surface area (Å²) < 4.78 is 7.05. The molecule has 0 saturated heterocycles.